The van der Waals surface area contributed by atoms with Crippen molar-refractivity contribution in [2.45, 2.75) is 12.2 Å². The highest BCUT2D eigenvalue weighted by Gasteiger charge is 2.27. The summed E-state index contributed by atoms with van der Waals surface area (Å²) in [4.78, 5) is 17.8. The van der Waals surface area contributed by atoms with Crippen molar-refractivity contribution < 1.29 is 15.0 Å². The number of hydrogen-bond donors (Lipinski definition) is 4. The lowest BCUT2D eigenvalue weighted by molar-refractivity contribution is -0.132. The van der Waals surface area contributed by atoms with Gasteiger partial charge in [0.05, 0.1) is 6.20 Å². The van der Waals surface area contributed by atoms with E-state index in [2.05, 4.69) is 9.97 Å². The van der Waals surface area contributed by atoms with Crippen LogP contribution in [0.2, 0.25) is 5.15 Å². The smallest absolute Gasteiger partial charge is 0.249 e. The second-order valence-corrected chi connectivity index (χ2v) is 3.12. The SMILES string of the molecule is NC(=O)C(O)C(O)c1ncc(N)nc1Cl. The molecule has 82 valence electrons. The second-order valence-electron chi connectivity index (χ2n) is 2.76. The number of aromatic nitrogens is 2. The quantitative estimate of drug-likeness (QED) is 0.506. The maximum absolute atomic E-state index is 10.6. The van der Waals surface area contributed by atoms with Crippen LogP contribution in [0, 0.1) is 0 Å². The number of aliphatic hydroxyl groups is 2. The van der Waals surface area contributed by atoms with E-state index in [-0.39, 0.29) is 16.7 Å². The molecule has 7 nitrogen and oxygen atoms in total. The van der Waals surface area contributed by atoms with E-state index in [0.29, 0.717) is 0 Å². The van der Waals surface area contributed by atoms with E-state index in [1.54, 1.807) is 0 Å². The average molecular weight is 233 g/mol. The molecule has 1 amide bonds. The minimum atomic E-state index is -1.79. The van der Waals surface area contributed by atoms with Gasteiger partial charge in [0, 0.05) is 0 Å². The van der Waals surface area contributed by atoms with Crippen LogP contribution in [0.25, 0.3) is 0 Å². The lowest BCUT2D eigenvalue weighted by Gasteiger charge is -2.14. The fourth-order valence-electron chi connectivity index (χ4n) is 0.892. The summed E-state index contributed by atoms with van der Waals surface area (Å²) in [5.74, 6) is -1.03. The third-order valence-corrected chi connectivity index (χ3v) is 1.92. The lowest BCUT2D eigenvalue weighted by Crippen LogP contribution is -2.34. The molecule has 0 saturated carbocycles. The van der Waals surface area contributed by atoms with E-state index in [4.69, 9.17) is 28.2 Å². The number of carbonyl (C=O) groups is 1. The zero-order chi connectivity index (χ0) is 11.6. The Balaban J connectivity index is 3.01. The number of rotatable bonds is 3. The number of nitrogens with zero attached hydrogens (tertiary/aromatic N) is 2. The molecule has 0 aliphatic carbocycles. The van der Waals surface area contributed by atoms with Gasteiger partial charge >= 0.3 is 0 Å². The first-order chi connectivity index (χ1) is 6.93. The summed E-state index contributed by atoms with van der Waals surface area (Å²) in [5, 5.41) is 18.4. The molecule has 0 bridgehead atoms. The third-order valence-electron chi connectivity index (χ3n) is 1.65. The summed E-state index contributed by atoms with van der Waals surface area (Å²) in [6.45, 7) is 0. The second kappa shape index (κ2) is 4.39. The van der Waals surface area contributed by atoms with E-state index in [0.717, 1.165) is 6.20 Å². The van der Waals surface area contributed by atoms with Crippen LogP contribution in [0.1, 0.15) is 11.8 Å². The summed E-state index contributed by atoms with van der Waals surface area (Å²) in [6.07, 6.45) is -2.28. The molecule has 0 aliphatic heterocycles. The van der Waals surface area contributed by atoms with Crippen molar-refractivity contribution in [3.05, 3.63) is 17.0 Å². The summed E-state index contributed by atoms with van der Waals surface area (Å²) < 4.78 is 0. The van der Waals surface area contributed by atoms with Crippen LogP contribution in [0.4, 0.5) is 5.82 Å². The molecule has 0 fully saturated rings. The highest BCUT2D eigenvalue weighted by atomic mass is 35.5. The number of aliphatic hydroxyl groups excluding tert-OH is 2. The van der Waals surface area contributed by atoms with Gasteiger partial charge in [-0.1, -0.05) is 11.6 Å². The average Bonchev–Trinajstić information content (AvgIpc) is 2.15. The first-order valence-corrected chi connectivity index (χ1v) is 4.24. The van der Waals surface area contributed by atoms with Gasteiger partial charge in [-0.15, -0.1) is 0 Å². The number of nitrogen functional groups attached to an aromatic ring is 1. The Kier molecular flexibility index (Phi) is 3.40. The van der Waals surface area contributed by atoms with Gasteiger partial charge in [-0.2, -0.15) is 0 Å². The molecule has 6 N–H and O–H groups in total. The third kappa shape index (κ3) is 2.52. The van der Waals surface area contributed by atoms with Crippen LogP contribution in [0.15, 0.2) is 6.20 Å². The molecule has 1 heterocycles. The number of amides is 1. The molecule has 0 radical (unpaired) electrons. The van der Waals surface area contributed by atoms with Crippen molar-refractivity contribution in [3.63, 3.8) is 0 Å². The Morgan fingerprint density at radius 1 is 1.53 bits per heavy atom. The van der Waals surface area contributed by atoms with Gasteiger partial charge in [0.2, 0.25) is 5.91 Å². The first-order valence-electron chi connectivity index (χ1n) is 3.87. The van der Waals surface area contributed by atoms with Crippen LogP contribution in [0.3, 0.4) is 0 Å². The molecular weight excluding hydrogens is 224 g/mol. The van der Waals surface area contributed by atoms with Crippen molar-refractivity contribution >= 4 is 23.3 Å². The summed E-state index contributed by atoms with van der Waals surface area (Å²) in [6, 6.07) is 0. The molecule has 8 heteroatoms. The Bertz CT molecular complexity index is 386. The summed E-state index contributed by atoms with van der Waals surface area (Å²) >= 11 is 5.60. The standard InChI is InChI=1S/C7H9ClN4O3/c8-6-3(11-1-2(9)12-6)4(13)5(14)7(10)15/h1,4-5,13-14H,(H2,9,12)(H2,10,15). The maximum Gasteiger partial charge on any atom is 0.249 e. The predicted octanol–water partition coefficient (Wildman–Crippen LogP) is -1.41. The molecule has 15 heavy (non-hydrogen) atoms. The molecular formula is C7H9ClN4O3. The largest absolute Gasteiger partial charge is 0.383 e. The summed E-state index contributed by atoms with van der Waals surface area (Å²) in [7, 11) is 0. The zero-order valence-corrected chi connectivity index (χ0v) is 8.22. The highest BCUT2D eigenvalue weighted by Crippen LogP contribution is 2.21. The first kappa shape index (κ1) is 11.6. The van der Waals surface area contributed by atoms with Crippen LogP contribution < -0.4 is 11.5 Å². The Hall–Kier alpha value is -1.44. The molecule has 1 aromatic rings. The highest BCUT2D eigenvalue weighted by molar-refractivity contribution is 6.30. The van der Waals surface area contributed by atoms with Crippen LogP contribution in [-0.4, -0.2) is 32.2 Å². The van der Waals surface area contributed by atoms with Gasteiger partial charge in [0.25, 0.3) is 0 Å². The predicted molar refractivity (Wildman–Crippen MR) is 51.6 cm³/mol. The van der Waals surface area contributed by atoms with E-state index in [1.165, 1.54) is 0 Å². The van der Waals surface area contributed by atoms with Gasteiger partial charge in [-0.3, -0.25) is 9.78 Å². The molecule has 0 aliphatic rings. The Labute approximate surface area is 89.7 Å². The molecule has 0 saturated heterocycles. The maximum atomic E-state index is 10.6. The van der Waals surface area contributed by atoms with Crippen molar-refractivity contribution in [1.82, 2.24) is 9.97 Å². The lowest BCUT2D eigenvalue weighted by atomic mass is 10.1. The van der Waals surface area contributed by atoms with Crippen LogP contribution in [-0.2, 0) is 4.79 Å². The molecule has 1 aromatic heterocycles. The van der Waals surface area contributed by atoms with Crippen molar-refractivity contribution in [1.29, 1.82) is 0 Å². The monoisotopic (exact) mass is 232 g/mol. The van der Waals surface area contributed by atoms with Gasteiger partial charge in [-0.05, 0) is 0 Å². The molecule has 0 aromatic carbocycles. The van der Waals surface area contributed by atoms with E-state index in [1.807, 2.05) is 0 Å². The van der Waals surface area contributed by atoms with Crippen molar-refractivity contribution in [3.8, 4) is 0 Å². The van der Waals surface area contributed by atoms with Crippen molar-refractivity contribution in [2.24, 2.45) is 5.73 Å². The fourth-order valence-corrected chi connectivity index (χ4v) is 1.15. The van der Waals surface area contributed by atoms with Gasteiger partial charge in [-0.25, -0.2) is 4.98 Å². The molecule has 0 spiro atoms. The molecule has 2 unspecified atom stereocenters. The minimum absolute atomic E-state index is 0.0597. The summed E-state index contributed by atoms with van der Waals surface area (Å²) in [5.41, 5.74) is 9.90. The van der Waals surface area contributed by atoms with E-state index in [9.17, 15) is 9.90 Å². The van der Waals surface area contributed by atoms with E-state index >= 15 is 0 Å². The number of carbonyl (C=O) groups excluding carboxylic acids is 1. The van der Waals surface area contributed by atoms with Gasteiger partial charge < -0.3 is 21.7 Å². The number of primary amides is 1. The number of anilines is 1. The van der Waals surface area contributed by atoms with Gasteiger partial charge in [0.15, 0.2) is 11.3 Å². The van der Waals surface area contributed by atoms with Crippen LogP contribution >= 0.6 is 11.6 Å². The number of nitrogens with two attached hydrogens (primary N) is 2. The number of hydrogen-bond acceptors (Lipinski definition) is 6. The topological polar surface area (TPSA) is 135 Å². The fraction of sp³-hybridized carbons (Fsp3) is 0.286. The van der Waals surface area contributed by atoms with E-state index < -0.39 is 18.1 Å². The number of halogens is 1. The molecule has 2 atom stereocenters. The van der Waals surface area contributed by atoms with Crippen molar-refractivity contribution in [2.75, 3.05) is 5.73 Å². The van der Waals surface area contributed by atoms with Crippen LogP contribution in [0.5, 0.6) is 0 Å². The Morgan fingerprint density at radius 3 is 2.60 bits per heavy atom. The normalized spacial score (nSPS) is 14.6. The zero-order valence-electron chi connectivity index (χ0n) is 7.46. The van der Waals surface area contributed by atoms with Gasteiger partial charge in [0.1, 0.15) is 17.6 Å². The minimum Gasteiger partial charge on any atom is -0.383 e. The Morgan fingerprint density at radius 2 is 2.13 bits per heavy atom. The molecule has 1 rings (SSSR count).